The summed E-state index contributed by atoms with van der Waals surface area (Å²) in [6.45, 7) is 13.9. The van der Waals surface area contributed by atoms with Gasteiger partial charge in [0.1, 0.15) is 6.10 Å². The van der Waals surface area contributed by atoms with Gasteiger partial charge in [-0.05, 0) is 47.0 Å². The van der Waals surface area contributed by atoms with Gasteiger partial charge < -0.3 is 30.5 Å². The minimum absolute atomic E-state index is 0.107. The minimum atomic E-state index is -1.02. The molecule has 3 amide bonds. The van der Waals surface area contributed by atoms with E-state index >= 15 is 0 Å². The zero-order valence-electron chi connectivity index (χ0n) is 32.6. The number of carboxylic acids is 1. The van der Waals surface area contributed by atoms with Gasteiger partial charge >= 0.3 is 12.0 Å². The molecule has 2 unspecified atom stereocenters. The Labute approximate surface area is 299 Å². The summed E-state index contributed by atoms with van der Waals surface area (Å²) < 4.78 is 11.8. The number of primary amides is 1. The van der Waals surface area contributed by atoms with Crippen LogP contribution in [-0.4, -0.2) is 64.0 Å². The van der Waals surface area contributed by atoms with Crippen LogP contribution >= 0.6 is 0 Å². The Morgan fingerprint density at radius 3 is 1.73 bits per heavy atom. The van der Waals surface area contributed by atoms with Crippen molar-refractivity contribution in [1.82, 2.24) is 10.2 Å². The van der Waals surface area contributed by atoms with Crippen molar-refractivity contribution in [3.8, 4) is 0 Å². The summed E-state index contributed by atoms with van der Waals surface area (Å²) in [5.41, 5.74) is 3.96. The first-order chi connectivity index (χ1) is 23.1. The number of carbonyl (C=O) groups is 3. The molecule has 0 aromatic carbocycles. The van der Waals surface area contributed by atoms with Crippen molar-refractivity contribution in [2.75, 3.05) is 13.2 Å². The Morgan fingerprint density at radius 2 is 1.29 bits per heavy atom. The molecule has 49 heavy (non-hydrogen) atoms. The number of rotatable bonds is 23. The van der Waals surface area contributed by atoms with Crippen molar-refractivity contribution >= 4 is 17.9 Å². The Balaban J connectivity index is 2.00. The standard InChI is InChI=1S/C40H75N3O6/c1-8-9-10-11-12-13-14-15-16-17-18-19-20-21-24-27-38(4,5)43(36(41)47)40(28-25-22-23-26-29-40)32(35(45)46)30-42-34(44)33-37(2,3)31-48-39(6,7)49-33/h32-33H,8-31H2,1-7H3,(H2,41,47)(H,42,44)(H,45,46). The number of urea groups is 1. The van der Waals surface area contributed by atoms with Crippen LogP contribution in [0.15, 0.2) is 0 Å². The summed E-state index contributed by atoms with van der Waals surface area (Å²) >= 11 is 0. The molecule has 2 atom stereocenters. The highest BCUT2D eigenvalue weighted by Crippen LogP contribution is 2.44. The minimum Gasteiger partial charge on any atom is -0.481 e. The van der Waals surface area contributed by atoms with E-state index in [1.54, 1.807) is 18.7 Å². The maximum absolute atomic E-state index is 13.6. The normalized spacial score (nSPS) is 21.0. The molecule has 0 bridgehead atoms. The van der Waals surface area contributed by atoms with Crippen LogP contribution in [0.3, 0.4) is 0 Å². The van der Waals surface area contributed by atoms with Gasteiger partial charge in [0.05, 0.1) is 18.1 Å². The van der Waals surface area contributed by atoms with Gasteiger partial charge in [-0.1, -0.05) is 143 Å². The number of hydrogen-bond donors (Lipinski definition) is 3. The van der Waals surface area contributed by atoms with E-state index in [1.807, 2.05) is 27.7 Å². The summed E-state index contributed by atoms with van der Waals surface area (Å²) in [5, 5.41) is 13.7. The van der Waals surface area contributed by atoms with Crippen molar-refractivity contribution in [2.24, 2.45) is 17.1 Å². The van der Waals surface area contributed by atoms with Crippen molar-refractivity contribution in [3.63, 3.8) is 0 Å². The molecular formula is C40H75N3O6. The molecule has 0 aromatic heterocycles. The number of aliphatic carboxylic acids is 1. The van der Waals surface area contributed by atoms with Gasteiger partial charge in [-0.15, -0.1) is 0 Å². The number of ether oxygens (including phenoxy) is 2. The average molecular weight is 694 g/mol. The van der Waals surface area contributed by atoms with Crippen LogP contribution in [0, 0.1) is 11.3 Å². The summed E-state index contributed by atoms with van der Waals surface area (Å²) in [4.78, 5) is 41.8. The zero-order chi connectivity index (χ0) is 36.6. The number of carbonyl (C=O) groups excluding carboxylic acids is 2. The lowest BCUT2D eigenvalue weighted by atomic mass is 9.73. The van der Waals surface area contributed by atoms with E-state index in [0.29, 0.717) is 19.4 Å². The molecule has 0 spiro atoms. The Morgan fingerprint density at radius 1 is 0.816 bits per heavy atom. The Bertz CT molecular complexity index is 989. The number of nitrogens with two attached hydrogens (primary N) is 1. The third-order valence-electron chi connectivity index (χ3n) is 11.2. The van der Waals surface area contributed by atoms with Crippen molar-refractivity contribution in [2.45, 2.75) is 213 Å². The molecule has 1 aliphatic carbocycles. The second-order valence-corrected chi connectivity index (χ2v) is 17.0. The highest BCUT2D eigenvalue weighted by Gasteiger charge is 2.54. The second kappa shape index (κ2) is 20.8. The highest BCUT2D eigenvalue weighted by molar-refractivity contribution is 5.83. The molecule has 0 radical (unpaired) electrons. The first-order valence-corrected chi connectivity index (χ1v) is 20.0. The predicted octanol–water partition coefficient (Wildman–Crippen LogP) is 9.49. The quantitative estimate of drug-likeness (QED) is 0.0722. The molecule has 9 nitrogen and oxygen atoms in total. The number of nitrogens with zero attached hydrogens (tertiary/aromatic N) is 1. The van der Waals surface area contributed by atoms with E-state index in [9.17, 15) is 19.5 Å². The molecule has 0 aromatic rings. The molecule has 1 aliphatic heterocycles. The van der Waals surface area contributed by atoms with Gasteiger partial charge in [0.2, 0.25) is 5.91 Å². The molecule has 1 saturated carbocycles. The van der Waals surface area contributed by atoms with Gasteiger partial charge in [-0.3, -0.25) is 9.59 Å². The molecule has 2 fully saturated rings. The van der Waals surface area contributed by atoms with Crippen molar-refractivity contribution in [1.29, 1.82) is 0 Å². The molecule has 1 saturated heterocycles. The first-order valence-electron chi connectivity index (χ1n) is 20.0. The van der Waals surface area contributed by atoms with Crippen molar-refractivity contribution in [3.05, 3.63) is 0 Å². The zero-order valence-corrected chi connectivity index (χ0v) is 32.6. The second-order valence-electron chi connectivity index (χ2n) is 17.0. The van der Waals surface area contributed by atoms with E-state index in [4.69, 9.17) is 15.2 Å². The third-order valence-corrected chi connectivity index (χ3v) is 11.2. The van der Waals surface area contributed by atoms with Gasteiger partial charge in [0, 0.05) is 17.5 Å². The monoisotopic (exact) mass is 694 g/mol. The Kier molecular flexibility index (Phi) is 18.4. The van der Waals surface area contributed by atoms with Gasteiger partial charge in [-0.2, -0.15) is 0 Å². The van der Waals surface area contributed by atoms with Crippen LogP contribution in [-0.2, 0) is 19.1 Å². The highest BCUT2D eigenvalue weighted by atomic mass is 16.7. The molecular weight excluding hydrogens is 618 g/mol. The molecule has 2 aliphatic rings. The van der Waals surface area contributed by atoms with Gasteiger partial charge in [-0.25, -0.2) is 4.79 Å². The van der Waals surface area contributed by atoms with E-state index in [1.165, 1.54) is 83.5 Å². The SMILES string of the molecule is CCCCCCCCCCCCCCCCCC(C)(C)N(C(N)=O)C1(C(CNC(=O)C2OC(C)(C)OCC2(C)C)C(=O)O)CCCCCC1. The maximum Gasteiger partial charge on any atom is 0.315 e. The smallest absolute Gasteiger partial charge is 0.315 e. The maximum atomic E-state index is 13.6. The molecule has 286 valence electrons. The molecule has 1 heterocycles. The predicted molar refractivity (Wildman–Crippen MR) is 198 cm³/mol. The summed E-state index contributed by atoms with van der Waals surface area (Å²) in [7, 11) is 0. The Hall–Kier alpha value is -1.87. The lowest BCUT2D eigenvalue weighted by Gasteiger charge is -2.54. The third kappa shape index (κ3) is 14.0. The van der Waals surface area contributed by atoms with Crippen LogP contribution in [0.25, 0.3) is 0 Å². The van der Waals surface area contributed by atoms with E-state index in [-0.39, 0.29) is 12.5 Å². The summed E-state index contributed by atoms with van der Waals surface area (Å²) in [5.74, 6) is -3.33. The van der Waals surface area contributed by atoms with E-state index < -0.39 is 46.3 Å². The lowest BCUT2D eigenvalue weighted by Crippen LogP contribution is -2.68. The van der Waals surface area contributed by atoms with Crippen LogP contribution in [0.1, 0.15) is 190 Å². The van der Waals surface area contributed by atoms with Gasteiger partial charge in [0.25, 0.3) is 0 Å². The van der Waals surface area contributed by atoms with Crippen LogP contribution < -0.4 is 11.1 Å². The van der Waals surface area contributed by atoms with Gasteiger partial charge in [0.15, 0.2) is 5.79 Å². The number of amides is 3. The fourth-order valence-electron chi connectivity index (χ4n) is 8.35. The molecule has 9 heteroatoms. The number of unbranched alkanes of at least 4 members (excludes halogenated alkanes) is 14. The van der Waals surface area contributed by atoms with Crippen LogP contribution in [0.5, 0.6) is 0 Å². The first kappa shape index (κ1) is 43.3. The van der Waals surface area contributed by atoms with Crippen LogP contribution in [0.2, 0.25) is 0 Å². The topological polar surface area (TPSA) is 131 Å². The average Bonchev–Trinajstić information content (AvgIpc) is 3.26. The summed E-state index contributed by atoms with van der Waals surface area (Å²) in [6, 6.07) is -0.582. The van der Waals surface area contributed by atoms with Crippen molar-refractivity contribution < 1.29 is 29.0 Å². The lowest BCUT2D eigenvalue weighted by molar-refractivity contribution is -0.304. The fourth-order valence-corrected chi connectivity index (χ4v) is 8.35. The molecule has 4 N–H and O–H groups in total. The van der Waals surface area contributed by atoms with E-state index in [0.717, 1.165) is 44.9 Å². The summed E-state index contributed by atoms with van der Waals surface area (Å²) in [6.07, 6.45) is 23.9. The van der Waals surface area contributed by atoms with Crippen LogP contribution in [0.4, 0.5) is 4.79 Å². The van der Waals surface area contributed by atoms with E-state index in [2.05, 4.69) is 12.2 Å². The fraction of sp³-hybridized carbons (Fsp3) is 0.925. The largest absolute Gasteiger partial charge is 0.481 e. The number of hydrogen-bond acceptors (Lipinski definition) is 5. The number of carboxylic acid groups (broad SMARTS) is 1. The number of nitrogens with one attached hydrogen (secondary N) is 1. The molecule has 2 rings (SSSR count).